The van der Waals surface area contributed by atoms with Gasteiger partial charge in [0.25, 0.3) is 5.69 Å². The summed E-state index contributed by atoms with van der Waals surface area (Å²) < 4.78 is 13.6. The molecule has 0 aliphatic heterocycles. The van der Waals surface area contributed by atoms with Gasteiger partial charge in [-0.2, -0.15) is 0 Å². The van der Waals surface area contributed by atoms with Crippen LogP contribution >= 0.6 is 23.2 Å². The van der Waals surface area contributed by atoms with E-state index in [4.69, 9.17) is 23.2 Å². The lowest BCUT2D eigenvalue weighted by atomic mass is 10.2. The van der Waals surface area contributed by atoms with Gasteiger partial charge in [0.1, 0.15) is 5.82 Å². The molecule has 1 amide bonds. The Bertz CT molecular complexity index is 809. The molecule has 0 saturated heterocycles. The molecule has 118 valence electrons. The van der Waals surface area contributed by atoms with Crippen LogP contribution in [0.4, 0.5) is 15.8 Å². The van der Waals surface area contributed by atoms with E-state index in [9.17, 15) is 19.3 Å². The van der Waals surface area contributed by atoms with Gasteiger partial charge in [-0.25, -0.2) is 4.39 Å². The Morgan fingerprint density at radius 1 is 1.26 bits per heavy atom. The van der Waals surface area contributed by atoms with Gasteiger partial charge in [-0.3, -0.25) is 14.9 Å². The van der Waals surface area contributed by atoms with Crippen molar-refractivity contribution in [3.8, 4) is 0 Å². The minimum Gasteiger partial charge on any atom is -0.320 e. The number of non-ortho nitro benzene ring substituents is 1. The van der Waals surface area contributed by atoms with Gasteiger partial charge < -0.3 is 5.32 Å². The molecule has 0 fully saturated rings. The number of rotatable bonds is 4. The van der Waals surface area contributed by atoms with Gasteiger partial charge >= 0.3 is 0 Å². The number of halogens is 3. The first kappa shape index (κ1) is 16.9. The Hall–Kier alpha value is -2.44. The number of hydrogen-bond donors (Lipinski definition) is 1. The van der Waals surface area contributed by atoms with E-state index < -0.39 is 16.6 Å². The SMILES string of the molecule is O=C(C=Cc1cccc(Cl)c1Cl)Nc1cc([N+](=O)[O-])ccc1F. The van der Waals surface area contributed by atoms with Gasteiger partial charge in [0, 0.05) is 18.2 Å². The van der Waals surface area contributed by atoms with Crippen LogP contribution in [0.5, 0.6) is 0 Å². The van der Waals surface area contributed by atoms with E-state index in [0.29, 0.717) is 10.6 Å². The number of nitrogens with zero attached hydrogens (tertiary/aromatic N) is 1. The number of benzene rings is 2. The molecule has 2 aromatic carbocycles. The zero-order chi connectivity index (χ0) is 17.0. The molecule has 0 aliphatic rings. The lowest BCUT2D eigenvalue weighted by Crippen LogP contribution is -2.09. The molecule has 0 aliphatic carbocycles. The van der Waals surface area contributed by atoms with Crippen molar-refractivity contribution in [3.63, 3.8) is 0 Å². The van der Waals surface area contributed by atoms with Crippen molar-refractivity contribution in [2.24, 2.45) is 0 Å². The van der Waals surface area contributed by atoms with E-state index in [1.807, 2.05) is 0 Å². The lowest BCUT2D eigenvalue weighted by molar-refractivity contribution is -0.384. The fourth-order valence-electron chi connectivity index (χ4n) is 1.71. The Kier molecular flexibility index (Phi) is 5.31. The molecule has 2 rings (SSSR count). The zero-order valence-corrected chi connectivity index (χ0v) is 12.9. The van der Waals surface area contributed by atoms with E-state index in [1.54, 1.807) is 18.2 Å². The van der Waals surface area contributed by atoms with Gasteiger partial charge in [0.2, 0.25) is 5.91 Å². The van der Waals surface area contributed by atoms with Crippen LogP contribution in [-0.4, -0.2) is 10.8 Å². The second-order valence-electron chi connectivity index (χ2n) is 4.39. The van der Waals surface area contributed by atoms with Gasteiger partial charge in [-0.05, 0) is 23.8 Å². The lowest BCUT2D eigenvalue weighted by Gasteiger charge is -2.04. The van der Waals surface area contributed by atoms with Crippen molar-refractivity contribution in [2.75, 3.05) is 5.32 Å². The molecule has 5 nitrogen and oxygen atoms in total. The first-order chi connectivity index (χ1) is 10.9. The van der Waals surface area contributed by atoms with Crippen LogP contribution < -0.4 is 5.32 Å². The summed E-state index contributed by atoms with van der Waals surface area (Å²) in [6, 6.07) is 7.75. The molecule has 2 aromatic rings. The average Bonchev–Trinajstić information content (AvgIpc) is 2.50. The molecular formula is C15H9Cl2FN2O3. The number of nitrogens with one attached hydrogen (secondary N) is 1. The second kappa shape index (κ2) is 7.21. The topological polar surface area (TPSA) is 72.2 Å². The third kappa shape index (κ3) is 4.28. The molecule has 8 heteroatoms. The predicted octanol–water partition coefficient (Wildman–Crippen LogP) is 4.69. The summed E-state index contributed by atoms with van der Waals surface area (Å²) in [5.74, 6) is -1.45. The summed E-state index contributed by atoms with van der Waals surface area (Å²) in [6.07, 6.45) is 2.52. The highest BCUT2D eigenvalue weighted by Crippen LogP contribution is 2.26. The molecule has 23 heavy (non-hydrogen) atoms. The maximum Gasteiger partial charge on any atom is 0.271 e. The van der Waals surface area contributed by atoms with Crippen LogP contribution in [0.25, 0.3) is 6.08 Å². The van der Waals surface area contributed by atoms with E-state index in [-0.39, 0.29) is 16.4 Å². The van der Waals surface area contributed by atoms with Gasteiger partial charge in [-0.15, -0.1) is 0 Å². The van der Waals surface area contributed by atoms with Crippen LogP contribution in [0.1, 0.15) is 5.56 Å². The van der Waals surface area contributed by atoms with E-state index in [2.05, 4.69) is 5.32 Å². The Morgan fingerprint density at radius 3 is 2.70 bits per heavy atom. The molecule has 0 aromatic heterocycles. The number of amides is 1. The Balaban J connectivity index is 2.16. The van der Waals surface area contributed by atoms with E-state index in [1.165, 1.54) is 6.08 Å². The molecule has 0 saturated carbocycles. The molecule has 0 bridgehead atoms. The van der Waals surface area contributed by atoms with Crippen molar-refractivity contribution >= 4 is 46.6 Å². The molecular weight excluding hydrogens is 346 g/mol. The second-order valence-corrected chi connectivity index (χ2v) is 5.17. The monoisotopic (exact) mass is 354 g/mol. The summed E-state index contributed by atoms with van der Waals surface area (Å²) in [4.78, 5) is 21.8. The fourth-order valence-corrected chi connectivity index (χ4v) is 2.08. The summed E-state index contributed by atoms with van der Waals surface area (Å²) in [7, 11) is 0. The van der Waals surface area contributed by atoms with Gasteiger partial charge in [0.05, 0.1) is 20.7 Å². The van der Waals surface area contributed by atoms with Crippen molar-refractivity contribution in [2.45, 2.75) is 0 Å². The smallest absolute Gasteiger partial charge is 0.271 e. The summed E-state index contributed by atoms with van der Waals surface area (Å²) in [5, 5.41) is 13.5. The number of anilines is 1. The number of carbonyl (C=O) groups excluding carboxylic acids is 1. The first-order valence-corrected chi connectivity index (χ1v) is 7.01. The maximum absolute atomic E-state index is 13.6. The van der Waals surface area contributed by atoms with E-state index >= 15 is 0 Å². The summed E-state index contributed by atoms with van der Waals surface area (Å²) in [6.45, 7) is 0. The molecule has 0 heterocycles. The van der Waals surface area contributed by atoms with Crippen molar-refractivity contribution < 1.29 is 14.1 Å². The number of hydrogen-bond acceptors (Lipinski definition) is 3. The normalized spacial score (nSPS) is 10.7. The molecule has 1 N–H and O–H groups in total. The number of carbonyl (C=O) groups is 1. The highest BCUT2D eigenvalue weighted by Gasteiger charge is 2.12. The summed E-state index contributed by atoms with van der Waals surface area (Å²) >= 11 is 11.8. The van der Waals surface area contributed by atoms with Crippen LogP contribution in [0.2, 0.25) is 10.0 Å². The van der Waals surface area contributed by atoms with Gasteiger partial charge in [0.15, 0.2) is 0 Å². The third-order valence-electron chi connectivity index (χ3n) is 2.81. The van der Waals surface area contributed by atoms with Crippen LogP contribution in [0, 0.1) is 15.9 Å². The van der Waals surface area contributed by atoms with Crippen molar-refractivity contribution in [1.82, 2.24) is 0 Å². The highest BCUT2D eigenvalue weighted by atomic mass is 35.5. The van der Waals surface area contributed by atoms with Crippen molar-refractivity contribution in [1.29, 1.82) is 0 Å². The minimum atomic E-state index is -0.780. The maximum atomic E-state index is 13.6. The zero-order valence-electron chi connectivity index (χ0n) is 11.4. The number of nitro benzene ring substituents is 1. The standard InChI is InChI=1S/C15H9Cl2FN2O3/c16-11-3-1-2-9(15(11)17)4-7-14(21)19-13-8-10(20(22)23)5-6-12(13)18/h1-8H,(H,19,21). The molecule has 0 unspecified atom stereocenters. The van der Waals surface area contributed by atoms with Crippen LogP contribution in [0.3, 0.4) is 0 Å². The molecule has 0 atom stereocenters. The molecule has 0 spiro atoms. The quantitative estimate of drug-likeness (QED) is 0.491. The van der Waals surface area contributed by atoms with Crippen LogP contribution in [-0.2, 0) is 4.79 Å². The molecule has 0 radical (unpaired) electrons. The van der Waals surface area contributed by atoms with Crippen LogP contribution in [0.15, 0.2) is 42.5 Å². The highest BCUT2D eigenvalue weighted by molar-refractivity contribution is 6.42. The average molecular weight is 355 g/mol. The number of nitro groups is 1. The Morgan fingerprint density at radius 2 is 2.00 bits per heavy atom. The first-order valence-electron chi connectivity index (χ1n) is 6.25. The Labute approximate surface area is 140 Å². The van der Waals surface area contributed by atoms with E-state index in [0.717, 1.165) is 24.3 Å². The largest absolute Gasteiger partial charge is 0.320 e. The van der Waals surface area contributed by atoms with Gasteiger partial charge in [-0.1, -0.05) is 35.3 Å². The summed E-state index contributed by atoms with van der Waals surface area (Å²) in [5.41, 5.74) is -0.108. The van der Waals surface area contributed by atoms with Crippen molar-refractivity contribution in [3.05, 3.63) is 74.0 Å². The predicted molar refractivity (Wildman–Crippen MR) is 87.2 cm³/mol. The third-order valence-corrected chi connectivity index (χ3v) is 3.65. The fraction of sp³-hybridized carbons (Fsp3) is 0. The minimum absolute atomic E-state index is 0.278.